The van der Waals surface area contributed by atoms with Gasteiger partial charge in [-0.15, -0.1) is 0 Å². The predicted molar refractivity (Wildman–Crippen MR) is 108 cm³/mol. The molecule has 0 aromatic carbocycles. The molecule has 0 aliphatic carbocycles. The number of aromatic nitrogens is 2. The van der Waals surface area contributed by atoms with Gasteiger partial charge < -0.3 is 14.5 Å². The number of amides is 1. The lowest BCUT2D eigenvalue weighted by molar-refractivity contribution is -0.136. The second-order valence-corrected chi connectivity index (χ2v) is 8.39. The van der Waals surface area contributed by atoms with Gasteiger partial charge in [-0.1, -0.05) is 0 Å². The Balaban J connectivity index is 1.30. The molecule has 0 radical (unpaired) electrons. The molecule has 3 aliphatic heterocycles. The van der Waals surface area contributed by atoms with E-state index in [0.29, 0.717) is 18.6 Å². The second-order valence-electron chi connectivity index (χ2n) is 8.39. The molecule has 1 atom stereocenters. The molecular weight excluding hydrogens is 354 g/mol. The fraction of sp³-hybridized carbons (Fsp3) is 0.762. The van der Waals surface area contributed by atoms with Crippen LogP contribution >= 0.6 is 0 Å². The lowest BCUT2D eigenvalue weighted by Gasteiger charge is -2.42. The average molecular weight is 388 g/mol. The van der Waals surface area contributed by atoms with Crippen LogP contribution in [0.4, 0.5) is 5.82 Å². The van der Waals surface area contributed by atoms with Crippen LogP contribution in [-0.2, 0) is 16.1 Å². The molecule has 0 saturated carbocycles. The highest BCUT2D eigenvalue weighted by atomic mass is 16.5. The van der Waals surface area contributed by atoms with Gasteiger partial charge in [-0.25, -0.2) is 9.97 Å². The summed E-state index contributed by atoms with van der Waals surface area (Å²) in [7, 11) is 1.69. The summed E-state index contributed by atoms with van der Waals surface area (Å²) in [6, 6.07) is 2.63. The third-order valence-electron chi connectivity index (χ3n) is 6.53. The van der Waals surface area contributed by atoms with E-state index in [0.717, 1.165) is 76.5 Å². The maximum atomic E-state index is 12.8. The lowest BCUT2D eigenvalue weighted by Crippen LogP contribution is -2.51. The van der Waals surface area contributed by atoms with E-state index in [1.54, 1.807) is 13.4 Å². The molecule has 0 unspecified atom stereocenters. The normalized spacial score (nSPS) is 24.7. The van der Waals surface area contributed by atoms with Crippen molar-refractivity contribution < 1.29 is 9.53 Å². The largest absolute Gasteiger partial charge is 0.378 e. The molecule has 28 heavy (non-hydrogen) atoms. The van der Waals surface area contributed by atoms with E-state index >= 15 is 0 Å². The number of piperidine rings is 2. The van der Waals surface area contributed by atoms with Gasteiger partial charge >= 0.3 is 0 Å². The van der Waals surface area contributed by atoms with Gasteiger partial charge in [0.25, 0.3) is 0 Å². The van der Waals surface area contributed by atoms with Crippen molar-refractivity contribution in [1.82, 2.24) is 19.8 Å². The number of likely N-dealkylation sites (tertiary alicyclic amines) is 2. The highest BCUT2D eigenvalue weighted by Gasteiger charge is 2.34. The Kier molecular flexibility index (Phi) is 6.42. The number of hydrogen-bond donors (Lipinski definition) is 0. The van der Waals surface area contributed by atoms with Crippen molar-refractivity contribution in [2.45, 2.75) is 51.2 Å². The SMILES string of the molecule is COCc1cc(N2CCC(N3CCC[C@@H](C(=O)N4CCCC4)C3)CC2)ncn1. The molecule has 7 nitrogen and oxygen atoms in total. The number of carbonyl (C=O) groups excluding carboxylic acids is 1. The molecule has 7 heteroatoms. The van der Waals surface area contributed by atoms with Gasteiger partial charge in [0.05, 0.1) is 18.2 Å². The predicted octanol–water partition coefficient (Wildman–Crippen LogP) is 1.93. The van der Waals surface area contributed by atoms with Crippen molar-refractivity contribution >= 4 is 11.7 Å². The van der Waals surface area contributed by atoms with E-state index in [2.05, 4.69) is 24.7 Å². The summed E-state index contributed by atoms with van der Waals surface area (Å²) in [5.74, 6) is 1.62. The molecule has 0 bridgehead atoms. The molecule has 3 saturated heterocycles. The molecule has 1 amide bonds. The zero-order valence-electron chi connectivity index (χ0n) is 17.1. The van der Waals surface area contributed by atoms with E-state index in [1.165, 1.54) is 12.8 Å². The van der Waals surface area contributed by atoms with E-state index in [-0.39, 0.29) is 5.92 Å². The monoisotopic (exact) mass is 387 g/mol. The first kappa shape index (κ1) is 19.6. The van der Waals surface area contributed by atoms with Crippen LogP contribution in [0.15, 0.2) is 12.4 Å². The minimum absolute atomic E-state index is 0.211. The van der Waals surface area contributed by atoms with Crippen LogP contribution in [0.2, 0.25) is 0 Å². The molecule has 3 fully saturated rings. The maximum Gasteiger partial charge on any atom is 0.226 e. The minimum atomic E-state index is 0.211. The lowest BCUT2D eigenvalue weighted by atomic mass is 9.93. The maximum absolute atomic E-state index is 12.8. The van der Waals surface area contributed by atoms with Crippen molar-refractivity contribution in [1.29, 1.82) is 0 Å². The minimum Gasteiger partial charge on any atom is -0.378 e. The van der Waals surface area contributed by atoms with Crippen LogP contribution in [0.5, 0.6) is 0 Å². The smallest absolute Gasteiger partial charge is 0.226 e. The highest BCUT2D eigenvalue weighted by molar-refractivity contribution is 5.79. The summed E-state index contributed by atoms with van der Waals surface area (Å²) >= 11 is 0. The Bertz CT molecular complexity index is 656. The number of carbonyl (C=O) groups is 1. The average Bonchev–Trinajstić information content (AvgIpc) is 3.29. The fourth-order valence-electron chi connectivity index (χ4n) is 4.98. The van der Waals surface area contributed by atoms with Gasteiger partial charge in [-0.2, -0.15) is 0 Å². The molecule has 4 rings (SSSR count). The molecule has 154 valence electrons. The number of rotatable bonds is 5. The van der Waals surface area contributed by atoms with Crippen molar-refractivity contribution in [3.63, 3.8) is 0 Å². The third-order valence-corrected chi connectivity index (χ3v) is 6.53. The first-order valence-corrected chi connectivity index (χ1v) is 10.8. The summed E-state index contributed by atoms with van der Waals surface area (Å²) in [5.41, 5.74) is 0.925. The standard InChI is InChI=1S/C21H33N5O2/c1-28-15-18-13-20(23-16-22-18)24-11-6-19(7-12-24)26-10-4-5-17(14-26)21(27)25-8-2-3-9-25/h13,16-17,19H,2-12,14-15H2,1H3/t17-/m1/s1. The summed E-state index contributed by atoms with van der Waals surface area (Å²) in [6.07, 6.45) is 8.47. The van der Waals surface area contributed by atoms with Crippen molar-refractivity contribution in [3.8, 4) is 0 Å². The zero-order valence-corrected chi connectivity index (χ0v) is 17.1. The summed E-state index contributed by atoms with van der Waals surface area (Å²) in [5, 5.41) is 0. The van der Waals surface area contributed by atoms with Gasteiger partial charge in [0, 0.05) is 51.9 Å². The molecule has 0 spiro atoms. The van der Waals surface area contributed by atoms with Crippen molar-refractivity contribution in [3.05, 3.63) is 18.1 Å². The van der Waals surface area contributed by atoms with Crippen LogP contribution in [-0.4, -0.2) is 78.1 Å². The number of anilines is 1. The van der Waals surface area contributed by atoms with Gasteiger partial charge in [-0.05, 0) is 45.1 Å². The number of methoxy groups -OCH3 is 1. The Morgan fingerprint density at radius 3 is 2.61 bits per heavy atom. The van der Waals surface area contributed by atoms with E-state index in [1.807, 2.05) is 6.07 Å². The van der Waals surface area contributed by atoms with Gasteiger partial charge in [0.2, 0.25) is 5.91 Å². The quantitative estimate of drug-likeness (QED) is 0.769. The topological polar surface area (TPSA) is 61.8 Å². The first-order valence-electron chi connectivity index (χ1n) is 10.8. The Morgan fingerprint density at radius 1 is 1.07 bits per heavy atom. The molecular formula is C21H33N5O2. The summed E-state index contributed by atoms with van der Waals surface area (Å²) < 4.78 is 5.19. The molecule has 1 aromatic rings. The highest BCUT2D eigenvalue weighted by Crippen LogP contribution is 2.27. The van der Waals surface area contributed by atoms with Crippen molar-refractivity contribution in [2.75, 3.05) is 51.3 Å². The molecule has 0 N–H and O–H groups in total. The Hall–Kier alpha value is -1.73. The number of nitrogens with zero attached hydrogens (tertiary/aromatic N) is 5. The second kappa shape index (κ2) is 9.18. The van der Waals surface area contributed by atoms with Crippen molar-refractivity contribution in [2.24, 2.45) is 5.92 Å². The van der Waals surface area contributed by atoms with Crippen LogP contribution < -0.4 is 4.90 Å². The van der Waals surface area contributed by atoms with Gasteiger partial charge in [-0.3, -0.25) is 9.69 Å². The number of hydrogen-bond acceptors (Lipinski definition) is 6. The van der Waals surface area contributed by atoms with E-state index < -0.39 is 0 Å². The van der Waals surface area contributed by atoms with Crippen LogP contribution in [0, 0.1) is 5.92 Å². The summed E-state index contributed by atoms with van der Waals surface area (Å²) in [4.78, 5) is 28.6. The Labute approximate surface area is 168 Å². The van der Waals surface area contributed by atoms with E-state index in [4.69, 9.17) is 4.74 Å². The molecule has 4 heterocycles. The third kappa shape index (κ3) is 4.46. The Morgan fingerprint density at radius 2 is 1.86 bits per heavy atom. The first-order chi connectivity index (χ1) is 13.7. The summed E-state index contributed by atoms with van der Waals surface area (Å²) in [6.45, 7) is 6.57. The van der Waals surface area contributed by atoms with Crippen LogP contribution in [0.25, 0.3) is 0 Å². The molecule has 1 aromatic heterocycles. The van der Waals surface area contributed by atoms with Crippen LogP contribution in [0.3, 0.4) is 0 Å². The van der Waals surface area contributed by atoms with Crippen LogP contribution in [0.1, 0.15) is 44.2 Å². The van der Waals surface area contributed by atoms with Gasteiger partial charge in [0.15, 0.2) is 0 Å². The number of ether oxygens (including phenoxy) is 1. The molecule has 3 aliphatic rings. The van der Waals surface area contributed by atoms with E-state index in [9.17, 15) is 4.79 Å². The zero-order chi connectivity index (χ0) is 19.3. The van der Waals surface area contributed by atoms with Gasteiger partial charge in [0.1, 0.15) is 12.1 Å². The fourth-order valence-corrected chi connectivity index (χ4v) is 4.98.